The normalized spacial score (nSPS) is 10.3. The van der Waals surface area contributed by atoms with Crippen molar-refractivity contribution >= 4 is 17.8 Å². The maximum atomic E-state index is 10.5. The van der Waals surface area contributed by atoms with Gasteiger partial charge in [-0.3, -0.25) is 4.79 Å². The number of carbonyl (C=O) groups is 1. The second-order valence-electron chi connectivity index (χ2n) is 2.34. The average Bonchev–Trinajstić information content (AvgIpc) is 2.46. The van der Waals surface area contributed by atoms with Crippen molar-refractivity contribution in [3.8, 4) is 0 Å². The number of aromatic nitrogens is 3. The van der Waals surface area contributed by atoms with E-state index in [-0.39, 0.29) is 0 Å². The molecule has 2 N–H and O–H groups in total. The number of anilines is 1. The number of nitrogens with two attached hydrogens (primary N) is 1. The van der Waals surface area contributed by atoms with Crippen LogP contribution < -0.4 is 5.73 Å². The predicted molar refractivity (Wildman–Crippen MR) is 42.8 cm³/mol. The number of rotatable bonds is 1. The fourth-order valence-electron chi connectivity index (χ4n) is 0.984. The average molecular weight is 162 g/mol. The SMILES string of the molecule is Nc1ccn2ncc(C=O)c2n1. The molecule has 0 saturated heterocycles. The summed E-state index contributed by atoms with van der Waals surface area (Å²) in [5, 5.41) is 3.90. The van der Waals surface area contributed by atoms with Gasteiger partial charge in [0.1, 0.15) is 5.82 Å². The Morgan fingerprint density at radius 1 is 1.58 bits per heavy atom. The van der Waals surface area contributed by atoms with Crippen LogP contribution in [-0.4, -0.2) is 20.9 Å². The molecule has 5 nitrogen and oxygen atoms in total. The highest BCUT2D eigenvalue weighted by molar-refractivity contribution is 5.83. The van der Waals surface area contributed by atoms with Crippen molar-refractivity contribution in [3.63, 3.8) is 0 Å². The second kappa shape index (κ2) is 2.30. The molecule has 0 spiro atoms. The van der Waals surface area contributed by atoms with Gasteiger partial charge < -0.3 is 5.73 Å². The molecule has 2 rings (SSSR count). The number of hydrogen-bond acceptors (Lipinski definition) is 4. The summed E-state index contributed by atoms with van der Waals surface area (Å²) in [6.07, 6.45) is 3.81. The summed E-state index contributed by atoms with van der Waals surface area (Å²) >= 11 is 0. The van der Waals surface area contributed by atoms with Crippen LogP contribution in [0.2, 0.25) is 0 Å². The van der Waals surface area contributed by atoms with Gasteiger partial charge in [-0.15, -0.1) is 0 Å². The van der Waals surface area contributed by atoms with Crippen LogP contribution in [0.25, 0.3) is 5.65 Å². The minimum Gasteiger partial charge on any atom is -0.384 e. The van der Waals surface area contributed by atoms with Crippen LogP contribution in [0.4, 0.5) is 5.82 Å². The number of nitrogens with zero attached hydrogens (tertiary/aromatic N) is 3. The summed E-state index contributed by atoms with van der Waals surface area (Å²) in [7, 11) is 0. The van der Waals surface area contributed by atoms with E-state index in [0.29, 0.717) is 23.3 Å². The molecular formula is C7H6N4O. The first-order valence-electron chi connectivity index (χ1n) is 3.36. The smallest absolute Gasteiger partial charge is 0.167 e. The van der Waals surface area contributed by atoms with Gasteiger partial charge in [0, 0.05) is 6.20 Å². The standard InChI is InChI=1S/C7H6N4O/c8-6-1-2-11-7(10-6)5(4-12)3-9-11/h1-4H,(H2,8,10). The maximum absolute atomic E-state index is 10.5. The zero-order valence-corrected chi connectivity index (χ0v) is 6.14. The fourth-order valence-corrected chi connectivity index (χ4v) is 0.984. The first-order chi connectivity index (χ1) is 5.81. The molecule has 0 aromatic carbocycles. The molecule has 0 radical (unpaired) electrons. The Kier molecular flexibility index (Phi) is 1.30. The topological polar surface area (TPSA) is 73.3 Å². The van der Waals surface area contributed by atoms with E-state index in [0.717, 1.165) is 0 Å². The zero-order valence-electron chi connectivity index (χ0n) is 6.14. The van der Waals surface area contributed by atoms with Gasteiger partial charge in [-0.05, 0) is 6.07 Å². The summed E-state index contributed by atoms with van der Waals surface area (Å²) in [4.78, 5) is 14.4. The summed E-state index contributed by atoms with van der Waals surface area (Å²) in [6, 6.07) is 1.62. The fraction of sp³-hybridized carbons (Fsp3) is 0. The van der Waals surface area contributed by atoms with Gasteiger partial charge in [-0.2, -0.15) is 5.10 Å². The van der Waals surface area contributed by atoms with Crippen LogP contribution in [0.15, 0.2) is 18.5 Å². The van der Waals surface area contributed by atoms with Crippen molar-refractivity contribution in [2.24, 2.45) is 0 Å². The number of carbonyl (C=O) groups excluding carboxylic acids is 1. The summed E-state index contributed by atoms with van der Waals surface area (Å²) in [5.74, 6) is 0.381. The molecule has 0 bridgehead atoms. The molecule has 0 aliphatic heterocycles. The van der Waals surface area contributed by atoms with E-state index in [9.17, 15) is 4.79 Å². The third kappa shape index (κ3) is 0.833. The molecule has 0 atom stereocenters. The molecule has 0 amide bonds. The van der Waals surface area contributed by atoms with E-state index in [4.69, 9.17) is 5.73 Å². The van der Waals surface area contributed by atoms with E-state index in [1.807, 2.05) is 0 Å². The lowest BCUT2D eigenvalue weighted by molar-refractivity contribution is 0.112. The molecule has 12 heavy (non-hydrogen) atoms. The van der Waals surface area contributed by atoms with Crippen molar-refractivity contribution in [1.29, 1.82) is 0 Å². The van der Waals surface area contributed by atoms with Crippen LogP contribution in [0, 0.1) is 0 Å². The van der Waals surface area contributed by atoms with Gasteiger partial charge in [0.15, 0.2) is 11.9 Å². The van der Waals surface area contributed by atoms with Gasteiger partial charge in [0.05, 0.1) is 11.8 Å². The Morgan fingerprint density at radius 2 is 2.42 bits per heavy atom. The first-order valence-corrected chi connectivity index (χ1v) is 3.36. The van der Waals surface area contributed by atoms with E-state index in [2.05, 4.69) is 10.1 Å². The van der Waals surface area contributed by atoms with E-state index in [1.165, 1.54) is 10.7 Å². The summed E-state index contributed by atoms with van der Waals surface area (Å²) in [5.41, 5.74) is 6.38. The highest BCUT2D eigenvalue weighted by Gasteiger charge is 2.03. The Hall–Kier alpha value is -1.91. The quantitative estimate of drug-likeness (QED) is 0.604. The minimum absolute atomic E-state index is 0.381. The maximum Gasteiger partial charge on any atom is 0.167 e. The van der Waals surface area contributed by atoms with Gasteiger partial charge in [-0.1, -0.05) is 0 Å². The Bertz CT molecular complexity index is 434. The molecule has 0 aliphatic rings. The van der Waals surface area contributed by atoms with E-state index in [1.54, 1.807) is 12.3 Å². The van der Waals surface area contributed by atoms with Crippen molar-refractivity contribution in [3.05, 3.63) is 24.0 Å². The second-order valence-corrected chi connectivity index (χ2v) is 2.34. The van der Waals surface area contributed by atoms with E-state index < -0.39 is 0 Å². The van der Waals surface area contributed by atoms with Crippen LogP contribution >= 0.6 is 0 Å². The van der Waals surface area contributed by atoms with Gasteiger partial charge >= 0.3 is 0 Å². The molecular weight excluding hydrogens is 156 g/mol. The largest absolute Gasteiger partial charge is 0.384 e. The Morgan fingerprint density at radius 3 is 3.17 bits per heavy atom. The number of nitrogen functional groups attached to an aromatic ring is 1. The van der Waals surface area contributed by atoms with Crippen LogP contribution in [0.5, 0.6) is 0 Å². The van der Waals surface area contributed by atoms with E-state index >= 15 is 0 Å². The molecule has 0 saturated carbocycles. The summed E-state index contributed by atoms with van der Waals surface area (Å²) < 4.78 is 1.50. The Balaban J connectivity index is 2.83. The molecule has 2 heterocycles. The van der Waals surface area contributed by atoms with Gasteiger partial charge in [0.25, 0.3) is 0 Å². The third-order valence-corrected chi connectivity index (χ3v) is 1.54. The zero-order chi connectivity index (χ0) is 8.55. The lowest BCUT2D eigenvalue weighted by atomic mass is 10.4. The molecule has 0 unspecified atom stereocenters. The molecule has 60 valence electrons. The number of hydrogen-bond donors (Lipinski definition) is 1. The molecule has 2 aromatic rings. The Labute approximate surface area is 67.8 Å². The monoisotopic (exact) mass is 162 g/mol. The van der Waals surface area contributed by atoms with Crippen LogP contribution in [0.3, 0.4) is 0 Å². The van der Waals surface area contributed by atoms with Crippen molar-refractivity contribution in [1.82, 2.24) is 14.6 Å². The van der Waals surface area contributed by atoms with Crippen LogP contribution in [-0.2, 0) is 0 Å². The van der Waals surface area contributed by atoms with Crippen molar-refractivity contribution < 1.29 is 4.79 Å². The van der Waals surface area contributed by atoms with Crippen molar-refractivity contribution in [2.45, 2.75) is 0 Å². The third-order valence-electron chi connectivity index (χ3n) is 1.54. The van der Waals surface area contributed by atoms with Crippen molar-refractivity contribution in [2.75, 3.05) is 5.73 Å². The highest BCUT2D eigenvalue weighted by atomic mass is 16.1. The molecule has 0 aliphatic carbocycles. The molecule has 2 aromatic heterocycles. The summed E-state index contributed by atoms with van der Waals surface area (Å²) in [6.45, 7) is 0. The van der Waals surface area contributed by atoms with Gasteiger partial charge in [-0.25, -0.2) is 9.50 Å². The molecule has 5 heteroatoms. The number of fused-ring (bicyclic) bond motifs is 1. The minimum atomic E-state index is 0.381. The van der Waals surface area contributed by atoms with Crippen LogP contribution in [0.1, 0.15) is 10.4 Å². The predicted octanol–water partition coefficient (Wildman–Crippen LogP) is 0.124. The number of aldehydes is 1. The van der Waals surface area contributed by atoms with Gasteiger partial charge in [0.2, 0.25) is 0 Å². The highest BCUT2D eigenvalue weighted by Crippen LogP contribution is 2.06. The first kappa shape index (κ1) is 6.78. The lowest BCUT2D eigenvalue weighted by Gasteiger charge is -1.93. The molecule has 0 fully saturated rings. The lowest BCUT2D eigenvalue weighted by Crippen LogP contribution is -1.95.